The van der Waals surface area contributed by atoms with Crippen LogP contribution in [0.25, 0.3) is 0 Å². The van der Waals surface area contributed by atoms with Crippen molar-refractivity contribution in [3.05, 3.63) is 34.3 Å². The number of hydrogen-bond donors (Lipinski definition) is 2. The zero-order chi connectivity index (χ0) is 19.1. The van der Waals surface area contributed by atoms with Crippen LogP contribution in [0.2, 0.25) is 0 Å². The molecule has 2 saturated heterocycles. The Hall–Kier alpha value is -1.71. The lowest BCUT2D eigenvalue weighted by Crippen LogP contribution is -2.61. The maximum atomic E-state index is 12.4. The summed E-state index contributed by atoms with van der Waals surface area (Å²) in [6.45, 7) is 3.49. The standard InChI is InChI=1S/C18H21N3O4S2/c1-2-11(22)13-15(23)21-14(17(24)25)18(27-16(13)21)26-10-6-8-20(9-10)12-5-3-4-7-19-12/h3-5,7,10-11,13,16,22H,2,6,8-9H2,1H3,(H,24,25)/t10-,11-,13+,16+/m0/s1. The van der Waals surface area contributed by atoms with Gasteiger partial charge in [-0.05, 0) is 25.0 Å². The molecule has 0 aromatic carbocycles. The third-order valence-corrected chi connectivity index (χ3v) is 8.03. The number of carbonyl (C=O) groups excluding carboxylic acids is 1. The number of β-lactam (4-membered cyclic amide) rings is 1. The summed E-state index contributed by atoms with van der Waals surface area (Å²) >= 11 is 2.95. The highest BCUT2D eigenvalue weighted by Crippen LogP contribution is 2.55. The van der Waals surface area contributed by atoms with Gasteiger partial charge in [-0.25, -0.2) is 9.78 Å². The predicted molar refractivity (Wildman–Crippen MR) is 105 cm³/mol. The van der Waals surface area contributed by atoms with Crippen molar-refractivity contribution in [2.45, 2.75) is 36.5 Å². The topological polar surface area (TPSA) is 94.0 Å². The number of anilines is 1. The molecule has 0 aliphatic carbocycles. The number of carbonyl (C=O) groups is 2. The van der Waals surface area contributed by atoms with E-state index in [9.17, 15) is 19.8 Å². The molecule has 3 aliphatic heterocycles. The van der Waals surface area contributed by atoms with Crippen LogP contribution < -0.4 is 4.90 Å². The number of nitrogens with zero attached hydrogens (tertiary/aromatic N) is 3. The fraction of sp³-hybridized carbons (Fsp3) is 0.500. The Kier molecular flexibility index (Phi) is 5.09. The van der Waals surface area contributed by atoms with Crippen molar-refractivity contribution in [3.63, 3.8) is 0 Å². The third kappa shape index (κ3) is 3.21. The zero-order valence-corrected chi connectivity index (χ0v) is 16.4. The molecule has 1 aromatic rings. The highest BCUT2D eigenvalue weighted by atomic mass is 32.2. The van der Waals surface area contributed by atoms with Gasteiger partial charge < -0.3 is 15.1 Å². The fourth-order valence-corrected chi connectivity index (χ4v) is 7.00. The largest absolute Gasteiger partial charge is 0.477 e. The Morgan fingerprint density at radius 2 is 2.30 bits per heavy atom. The Balaban J connectivity index is 1.47. The normalized spacial score (nSPS) is 28.4. The molecule has 4 atom stereocenters. The van der Waals surface area contributed by atoms with Gasteiger partial charge in [-0.1, -0.05) is 24.8 Å². The minimum absolute atomic E-state index is 0.0795. The number of carboxylic acid groups (broad SMARTS) is 1. The molecule has 2 fully saturated rings. The molecule has 4 rings (SSSR count). The van der Waals surface area contributed by atoms with Crippen molar-refractivity contribution in [1.29, 1.82) is 0 Å². The fourth-order valence-electron chi connectivity index (χ4n) is 3.72. The monoisotopic (exact) mass is 407 g/mol. The number of fused-ring (bicyclic) bond motifs is 1. The lowest BCUT2D eigenvalue weighted by molar-refractivity contribution is -0.157. The number of rotatable bonds is 6. The van der Waals surface area contributed by atoms with Gasteiger partial charge in [-0.15, -0.1) is 11.8 Å². The summed E-state index contributed by atoms with van der Waals surface area (Å²) < 4.78 is 0.680. The van der Waals surface area contributed by atoms with Crippen LogP contribution in [0, 0.1) is 5.92 Å². The summed E-state index contributed by atoms with van der Waals surface area (Å²) in [7, 11) is 0. The summed E-state index contributed by atoms with van der Waals surface area (Å²) in [6, 6.07) is 5.81. The van der Waals surface area contributed by atoms with E-state index >= 15 is 0 Å². The van der Waals surface area contributed by atoms with Crippen molar-refractivity contribution >= 4 is 41.2 Å². The third-order valence-electron chi connectivity index (χ3n) is 5.17. The van der Waals surface area contributed by atoms with E-state index < -0.39 is 18.0 Å². The van der Waals surface area contributed by atoms with E-state index in [4.69, 9.17) is 0 Å². The minimum atomic E-state index is -1.08. The SMILES string of the molecule is CC[C@H](O)[C@@H]1C(=O)N2C(C(=O)O)=C(S[C@H]3CCN(c4ccccn4)C3)S[C@H]12. The van der Waals surface area contributed by atoms with Gasteiger partial charge in [-0.2, -0.15) is 0 Å². The maximum Gasteiger partial charge on any atom is 0.354 e. The number of thioether (sulfide) groups is 2. The van der Waals surface area contributed by atoms with Gasteiger partial charge >= 0.3 is 5.97 Å². The molecule has 1 aromatic heterocycles. The van der Waals surface area contributed by atoms with Crippen LogP contribution in [0.3, 0.4) is 0 Å². The molecule has 0 unspecified atom stereocenters. The summed E-state index contributed by atoms with van der Waals surface area (Å²) in [5, 5.41) is 19.7. The van der Waals surface area contributed by atoms with E-state index in [0.29, 0.717) is 10.7 Å². The van der Waals surface area contributed by atoms with E-state index in [1.807, 2.05) is 25.1 Å². The Morgan fingerprint density at radius 1 is 1.48 bits per heavy atom. The molecule has 1 amide bonds. The van der Waals surface area contributed by atoms with Crippen LogP contribution in [0.1, 0.15) is 19.8 Å². The van der Waals surface area contributed by atoms with Crippen LogP contribution in [0.15, 0.2) is 34.3 Å². The van der Waals surface area contributed by atoms with Crippen LogP contribution in [-0.2, 0) is 9.59 Å². The lowest BCUT2D eigenvalue weighted by Gasteiger charge is -2.44. The average molecular weight is 408 g/mol. The van der Waals surface area contributed by atoms with Crippen molar-refractivity contribution in [2.75, 3.05) is 18.0 Å². The van der Waals surface area contributed by atoms with E-state index in [0.717, 1.165) is 25.3 Å². The summed E-state index contributed by atoms with van der Waals surface area (Å²) in [4.78, 5) is 32.1. The number of aliphatic carboxylic acids is 1. The van der Waals surface area contributed by atoms with Gasteiger partial charge in [0.2, 0.25) is 5.91 Å². The molecule has 9 heteroatoms. The molecule has 0 saturated carbocycles. The first-order valence-corrected chi connectivity index (χ1v) is 10.7. The molecule has 0 spiro atoms. The molecular formula is C18H21N3O4S2. The van der Waals surface area contributed by atoms with E-state index in [2.05, 4.69) is 9.88 Å². The summed E-state index contributed by atoms with van der Waals surface area (Å²) in [5.41, 5.74) is 0.0795. The van der Waals surface area contributed by atoms with Gasteiger partial charge in [0.15, 0.2) is 5.70 Å². The number of amides is 1. The Labute approximate surface area is 165 Å². The van der Waals surface area contributed by atoms with Crippen molar-refractivity contribution in [1.82, 2.24) is 9.88 Å². The number of hydrogen-bond acceptors (Lipinski definition) is 7. The van der Waals surface area contributed by atoms with Crippen LogP contribution in [0.4, 0.5) is 5.82 Å². The van der Waals surface area contributed by atoms with Gasteiger partial charge in [0, 0.05) is 24.5 Å². The highest BCUT2D eigenvalue weighted by Gasteiger charge is 2.58. The van der Waals surface area contributed by atoms with Crippen molar-refractivity contribution in [2.24, 2.45) is 5.92 Å². The molecule has 7 nitrogen and oxygen atoms in total. The highest BCUT2D eigenvalue weighted by molar-refractivity contribution is 8.23. The van der Waals surface area contributed by atoms with Gasteiger partial charge in [0.25, 0.3) is 0 Å². The second-order valence-corrected chi connectivity index (χ2v) is 9.52. The number of pyridine rings is 1. The average Bonchev–Trinajstić information content (AvgIpc) is 3.25. The quantitative estimate of drug-likeness (QED) is 0.691. The predicted octanol–water partition coefficient (Wildman–Crippen LogP) is 1.95. The molecule has 4 heterocycles. The maximum absolute atomic E-state index is 12.4. The summed E-state index contributed by atoms with van der Waals surface area (Å²) in [5.74, 6) is -0.945. The number of aromatic nitrogens is 1. The van der Waals surface area contributed by atoms with Crippen molar-refractivity contribution < 1.29 is 19.8 Å². The van der Waals surface area contributed by atoms with Crippen LogP contribution in [0.5, 0.6) is 0 Å². The van der Waals surface area contributed by atoms with Gasteiger partial charge in [-0.3, -0.25) is 9.69 Å². The molecule has 3 aliphatic rings. The molecule has 2 N–H and O–H groups in total. The number of aliphatic hydroxyl groups excluding tert-OH is 1. The van der Waals surface area contributed by atoms with Crippen molar-refractivity contribution in [3.8, 4) is 0 Å². The van der Waals surface area contributed by atoms with E-state index in [1.165, 1.54) is 28.4 Å². The summed E-state index contributed by atoms with van der Waals surface area (Å²) in [6.07, 6.45) is 2.45. The van der Waals surface area contributed by atoms with E-state index in [1.54, 1.807) is 6.20 Å². The molecule has 144 valence electrons. The second kappa shape index (κ2) is 7.37. The van der Waals surface area contributed by atoms with Crippen LogP contribution >= 0.6 is 23.5 Å². The first-order chi connectivity index (χ1) is 13.0. The molecule has 0 bridgehead atoms. The smallest absolute Gasteiger partial charge is 0.354 e. The van der Waals surface area contributed by atoms with E-state index in [-0.39, 0.29) is 22.2 Å². The number of aliphatic hydroxyl groups is 1. The van der Waals surface area contributed by atoms with Gasteiger partial charge in [0.1, 0.15) is 11.2 Å². The first-order valence-electron chi connectivity index (χ1n) is 8.99. The molecular weight excluding hydrogens is 386 g/mol. The Bertz CT molecular complexity index is 788. The number of carboxylic acids is 1. The molecule has 0 radical (unpaired) electrons. The van der Waals surface area contributed by atoms with Crippen LogP contribution in [-0.4, -0.2) is 61.8 Å². The Morgan fingerprint density at radius 3 is 2.96 bits per heavy atom. The minimum Gasteiger partial charge on any atom is -0.477 e. The zero-order valence-electron chi connectivity index (χ0n) is 14.8. The first kappa shape index (κ1) is 18.6. The molecule has 27 heavy (non-hydrogen) atoms. The second-order valence-electron chi connectivity index (χ2n) is 6.82. The van der Waals surface area contributed by atoms with Gasteiger partial charge in [0.05, 0.1) is 16.3 Å². The lowest BCUT2D eigenvalue weighted by atomic mass is 9.90.